The van der Waals surface area contributed by atoms with Crippen molar-refractivity contribution in [3.8, 4) is 5.75 Å². The van der Waals surface area contributed by atoms with Gasteiger partial charge in [-0.2, -0.15) is 0 Å². The molecule has 2 rings (SSSR count). The highest BCUT2D eigenvalue weighted by Crippen LogP contribution is 2.29. The van der Waals surface area contributed by atoms with E-state index in [1.54, 1.807) is 7.11 Å². The summed E-state index contributed by atoms with van der Waals surface area (Å²) < 4.78 is 5.33. The number of carbonyl (C=O) groups is 2. The van der Waals surface area contributed by atoms with Crippen LogP contribution >= 0.6 is 0 Å². The first kappa shape index (κ1) is 13.4. The molecule has 0 bridgehead atoms. The minimum atomic E-state index is -0.585. The quantitative estimate of drug-likeness (QED) is 0.802. The third-order valence-electron chi connectivity index (χ3n) is 3.26. The van der Waals surface area contributed by atoms with E-state index in [4.69, 9.17) is 4.74 Å². The Morgan fingerprint density at radius 2 is 2.00 bits per heavy atom. The average molecular weight is 262 g/mol. The smallest absolute Gasteiger partial charge is 0.309 e. The van der Waals surface area contributed by atoms with Crippen LogP contribution < -0.4 is 15.4 Å². The Hall–Kier alpha value is -2.04. The van der Waals surface area contributed by atoms with Crippen molar-refractivity contribution < 1.29 is 14.3 Å². The van der Waals surface area contributed by atoms with E-state index in [1.807, 2.05) is 18.2 Å². The van der Waals surface area contributed by atoms with E-state index < -0.39 is 11.8 Å². The normalized spacial score (nSPS) is 19.1. The molecule has 0 spiro atoms. The van der Waals surface area contributed by atoms with Crippen LogP contribution in [0.2, 0.25) is 0 Å². The van der Waals surface area contributed by atoms with Crippen molar-refractivity contribution in [1.82, 2.24) is 10.6 Å². The molecule has 19 heavy (non-hydrogen) atoms. The number of carbonyl (C=O) groups excluding carboxylic acids is 2. The maximum atomic E-state index is 11.4. The predicted molar refractivity (Wildman–Crippen MR) is 71.0 cm³/mol. The molecule has 1 aromatic rings. The summed E-state index contributed by atoms with van der Waals surface area (Å²) in [6, 6.07) is 5.64. The minimum Gasteiger partial charge on any atom is -0.496 e. The van der Waals surface area contributed by atoms with Crippen molar-refractivity contribution in [2.24, 2.45) is 0 Å². The molecule has 0 aliphatic carbocycles. The SMILES string of the molecule is COc1ccc(C2CNC(=O)C(=O)N2)cc1C(C)C. The fourth-order valence-corrected chi connectivity index (χ4v) is 2.17. The molecular weight excluding hydrogens is 244 g/mol. The number of nitrogens with one attached hydrogen (secondary N) is 2. The fraction of sp³-hybridized carbons (Fsp3) is 0.429. The molecule has 2 amide bonds. The Kier molecular flexibility index (Phi) is 3.74. The molecule has 5 heteroatoms. The van der Waals surface area contributed by atoms with Gasteiger partial charge in [0.2, 0.25) is 0 Å². The Morgan fingerprint density at radius 1 is 1.26 bits per heavy atom. The first-order valence-electron chi connectivity index (χ1n) is 6.29. The Bertz CT molecular complexity index is 511. The summed E-state index contributed by atoms with van der Waals surface area (Å²) in [7, 11) is 1.64. The molecule has 2 N–H and O–H groups in total. The van der Waals surface area contributed by atoms with Crippen molar-refractivity contribution in [3.63, 3.8) is 0 Å². The largest absolute Gasteiger partial charge is 0.496 e. The van der Waals surface area contributed by atoms with E-state index in [9.17, 15) is 9.59 Å². The van der Waals surface area contributed by atoms with Gasteiger partial charge >= 0.3 is 11.8 Å². The number of methoxy groups -OCH3 is 1. The number of ether oxygens (including phenoxy) is 1. The molecule has 5 nitrogen and oxygen atoms in total. The van der Waals surface area contributed by atoms with E-state index >= 15 is 0 Å². The summed E-state index contributed by atoms with van der Waals surface area (Å²) in [6.07, 6.45) is 0. The maximum absolute atomic E-state index is 11.4. The summed E-state index contributed by atoms with van der Waals surface area (Å²) >= 11 is 0. The summed E-state index contributed by atoms with van der Waals surface area (Å²) in [5.74, 6) is 0.000662. The van der Waals surface area contributed by atoms with Gasteiger partial charge in [-0.15, -0.1) is 0 Å². The molecule has 0 aromatic heterocycles. The number of hydrogen-bond donors (Lipinski definition) is 2. The maximum Gasteiger partial charge on any atom is 0.309 e. The van der Waals surface area contributed by atoms with E-state index in [0.717, 1.165) is 16.9 Å². The van der Waals surface area contributed by atoms with Gasteiger partial charge < -0.3 is 15.4 Å². The van der Waals surface area contributed by atoms with Gasteiger partial charge in [-0.05, 0) is 29.2 Å². The number of piperazine rings is 1. The van der Waals surface area contributed by atoms with Crippen LogP contribution in [0.3, 0.4) is 0 Å². The van der Waals surface area contributed by atoms with Gasteiger partial charge in [0.15, 0.2) is 0 Å². The second-order valence-corrected chi connectivity index (χ2v) is 4.89. The molecular formula is C14H18N2O3. The lowest BCUT2D eigenvalue weighted by Crippen LogP contribution is -2.51. The molecule has 1 atom stereocenters. The molecule has 1 aliphatic rings. The Labute approximate surface area is 112 Å². The van der Waals surface area contributed by atoms with Gasteiger partial charge in [0, 0.05) is 6.54 Å². The first-order chi connectivity index (χ1) is 9.02. The van der Waals surface area contributed by atoms with E-state index in [2.05, 4.69) is 24.5 Å². The number of rotatable bonds is 3. The number of amides is 2. The first-order valence-corrected chi connectivity index (χ1v) is 6.29. The van der Waals surface area contributed by atoms with Crippen LogP contribution in [0.25, 0.3) is 0 Å². The molecule has 1 aliphatic heterocycles. The highest BCUT2D eigenvalue weighted by atomic mass is 16.5. The van der Waals surface area contributed by atoms with Gasteiger partial charge in [-0.3, -0.25) is 9.59 Å². The molecule has 1 saturated heterocycles. The molecule has 1 fully saturated rings. The zero-order chi connectivity index (χ0) is 14.0. The van der Waals surface area contributed by atoms with Crippen molar-refractivity contribution >= 4 is 11.8 Å². The number of benzene rings is 1. The molecule has 0 radical (unpaired) electrons. The van der Waals surface area contributed by atoms with Crippen molar-refractivity contribution in [2.45, 2.75) is 25.8 Å². The van der Waals surface area contributed by atoms with Gasteiger partial charge in [0.1, 0.15) is 5.75 Å². The van der Waals surface area contributed by atoms with Crippen LogP contribution in [0, 0.1) is 0 Å². The average Bonchev–Trinajstić information content (AvgIpc) is 2.41. The van der Waals surface area contributed by atoms with Crippen molar-refractivity contribution in [1.29, 1.82) is 0 Å². The molecule has 1 unspecified atom stereocenters. The van der Waals surface area contributed by atoms with E-state index in [-0.39, 0.29) is 6.04 Å². The Balaban J connectivity index is 2.28. The monoisotopic (exact) mass is 262 g/mol. The third kappa shape index (κ3) is 2.70. The second kappa shape index (κ2) is 5.30. The van der Waals surface area contributed by atoms with Gasteiger partial charge in [0.25, 0.3) is 0 Å². The zero-order valence-electron chi connectivity index (χ0n) is 11.3. The summed E-state index contributed by atoms with van der Waals surface area (Å²) in [5.41, 5.74) is 2.06. The summed E-state index contributed by atoms with van der Waals surface area (Å²) in [6.45, 7) is 4.58. The molecule has 0 saturated carbocycles. The van der Waals surface area contributed by atoms with Crippen LogP contribution in [-0.4, -0.2) is 25.5 Å². The van der Waals surface area contributed by atoms with Crippen LogP contribution in [0.15, 0.2) is 18.2 Å². The van der Waals surface area contributed by atoms with Crippen LogP contribution in [-0.2, 0) is 9.59 Å². The van der Waals surface area contributed by atoms with Crippen LogP contribution in [0.1, 0.15) is 36.9 Å². The summed E-state index contributed by atoms with van der Waals surface area (Å²) in [5, 5.41) is 5.27. The zero-order valence-corrected chi connectivity index (χ0v) is 11.3. The number of hydrogen-bond acceptors (Lipinski definition) is 3. The van der Waals surface area contributed by atoms with E-state index in [0.29, 0.717) is 12.5 Å². The highest BCUT2D eigenvalue weighted by Gasteiger charge is 2.26. The van der Waals surface area contributed by atoms with Gasteiger partial charge in [0.05, 0.1) is 13.2 Å². The topological polar surface area (TPSA) is 67.4 Å². The molecule has 1 heterocycles. The fourth-order valence-electron chi connectivity index (χ4n) is 2.17. The van der Waals surface area contributed by atoms with Gasteiger partial charge in [-0.1, -0.05) is 19.9 Å². The van der Waals surface area contributed by atoms with Gasteiger partial charge in [-0.25, -0.2) is 0 Å². The van der Waals surface area contributed by atoms with E-state index in [1.165, 1.54) is 0 Å². The Morgan fingerprint density at radius 3 is 2.58 bits per heavy atom. The predicted octanol–water partition coefficient (Wildman–Crippen LogP) is 1.11. The van der Waals surface area contributed by atoms with Crippen molar-refractivity contribution in [2.75, 3.05) is 13.7 Å². The molecule has 1 aromatic carbocycles. The standard InChI is InChI=1S/C14H18N2O3/c1-8(2)10-6-9(4-5-12(10)19-3)11-7-15-13(17)14(18)16-11/h4-6,8,11H,7H2,1-3H3,(H,15,17)(H,16,18). The highest BCUT2D eigenvalue weighted by molar-refractivity contribution is 6.35. The summed E-state index contributed by atoms with van der Waals surface area (Å²) in [4.78, 5) is 22.5. The minimum absolute atomic E-state index is 0.186. The lowest BCUT2D eigenvalue weighted by molar-refractivity contribution is -0.141. The van der Waals surface area contributed by atoms with Crippen LogP contribution in [0.4, 0.5) is 0 Å². The third-order valence-corrected chi connectivity index (χ3v) is 3.26. The van der Waals surface area contributed by atoms with Crippen LogP contribution in [0.5, 0.6) is 5.75 Å². The lowest BCUT2D eigenvalue weighted by Gasteiger charge is -2.25. The molecule has 102 valence electrons. The van der Waals surface area contributed by atoms with Crippen molar-refractivity contribution in [3.05, 3.63) is 29.3 Å². The lowest BCUT2D eigenvalue weighted by atomic mass is 9.96. The second-order valence-electron chi connectivity index (χ2n) is 4.89.